The van der Waals surface area contributed by atoms with E-state index in [1.807, 2.05) is 0 Å². The summed E-state index contributed by atoms with van der Waals surface area (Å²) in [5, 5.41) is 11.7. The van der Waals surface area contributed by atoms with Crippen LogP contribution in [0.15, 0.2) is 4.99 Å². The van der Waals surface area contributed by atoms with E-state index in [0.29, 0.717) is 0 Å². The molecular formula is C13H20N2O3S. The highest BCUT2D eigenvalue weighted by Gasteiger charge is 2.35. The van der Waals surface area contributed by atoms with Crippen molar-refractivity contribution >= 4 is 29.7 Å². The maximum Gasteiger partial charge on any atom is 0.346 e. The lowest BCUT2D eigenvalue weighted by Crippen LogP contribution is -2.40. The molecule has 19 heavy (non-hydrogen) atoms. The average Bonchev–Trinajstić information content (AvgIpc) is 2.93. The predicted molar refractivity (Wildman–Crippen MR) is 75.7 cm³/mol. The van der Waals surface area contributed by atoms with Gasteiger partial charge in [0.15, 0.2) is 5.78 Å². The number of hydrogen-bond acceptors (Lipinski definition) is 5. The van der Waals surface area contributed by atoms with Crippen molar-refractivity contribution in [2.24, 2.45) is 10.9 Å². The van der Waals surface area contributed by atoms with E-state index < -0.39 is 12.0 Å². The maximum absolute atomic E-state index is 12.5. The van der Waals surface area contributed by atoms with Crippen LogP contribution in [0, 0.1) is 5.92 Å². The number of aliphatic carboxylic acids is 1. The number of carboxylic acid groups (broad SMARTS) is 1. The highest BCUT2D eigenvalue weighted by atomic mass is 32.2. The number of aliphatic imine (C=N–C) groups is 1. The van der Waals surface area contributed by atoms with Gasteiger partial charge in [0.2, 0.25) is 0 Å². The summed E-state index contributed by atoms with van der Waals surface area (Å²) in [6.07, 6.45) is 6.27. The zero-order chi connectivity index (χ0) is 13.7. The van der Waals surface area contributed by atoms with E-state index in [2.05, 4.69) is 10.3 Å². The molecule has 2 atom stereocenters. The summed E-state index contributed by atoms with van der Waals surface area (Å²) in [5.74, 6) is 0.101. The molecule has 106 valence electrons. The number of Topliss-reactive ketones (excluding diaryl/α,β-unsaturated/α-hetero) is 1. The summed E-state index contributed by atoms with van der Waals surface area (Å²) in [5.41, 5.74) is 0. The first-order valence-electron chi connectivity index (χ1n) is 6.83. The number of thioether (sulfide) groups is 1. The molecule has 2 fully saturated rings. The standard InChI is InChI=1S/C13H20N2O3S/c16-10(17)8-15-11(9-4-2-1-3-5-9)12(18)13-14-6-7-19-13/h8-9,11,13-14H,1-7H2,(H,16,17)/t11-,13?/m1/s1. The average molecular weight is 284 g/mol. The van der Waals surface area contributed by atoms with Crippen molar-refractivity contribution in [3.05, 3.63) is 0 Å². The summed E-state index contributed by atoms with van der Waals surface area (Å²) in [6.45, 7) is 0.834. The van der Waals surface area contributed by atoms with Gasteiger partial charge in [0, 0.05) is 12.3 Å². The minimum Gasteiger partial charge on any atom is -0.477 e. The van der Waals surface area contributed by atoms with E-state index in [-0.39, 0.29) is 17.1 Å². The van der Waals surface area contributed by atoms with Crippen molar-refractivity contribution in [3.63, 3.8) is 0 Å². The number of nitrogens with one attached hydrogen (secondary N) is 1. The lowest BCUT2D eigenvalue weighted by Gasteiger charge is -2.28. The highest BCUT2D eigenvalue weighted by Crippen LogP contribution is 2.30. The predicted octanol–water partition coefficient (Wildman–Crippen LogP) is 1.32. The van der Waals surface area contributed by atoms with E-state index >= 15 is 0 Å². The minimum atomic E-state index is -1.08. The molecule has 1 saturated heterocycles. The zero-order valence-electron chi connectivity index (χ0n) is 10.9. The second kappa shape index (κ2) is 7.05. The molecule has 0 spiro atoms. The second-order valence-electron chi connectivity index (χ2n) is 5.07. The molecule has 0 radical (unpaired) electrons. The van der Waals surface area contributed by atoms with Crippen LogP contribution in [-0.4, -0.2) is 46.8 Å². The number of carboxylic acids is 1. The highest BCUT2D eigenvalue weighted by molar-refractivity contribution is 8.00. The van der Waals surface area contributed by atoms with Gasteiger partial charge in [-0.3, -0.25) is 15.1 Å². The van der Waals surface area contributed by atoms with E-state index in [1.54, 1.807) is 11.8 Å². The van der Waals surface area contributed by atoms with Gasteiger partial charge in [-0.1, -0.05) is 19.3 Å². The molecule has 1 saturated carbocycles. The van der Waals surface area contributed by atoms with Gasteiger partial charge in [-0.15, -0.1) is 11.8 Å². The molecule has 2 rings (SSSR count). The van der Waals surface area contributed by atoms with E-state index in [9.17, 15) is 9.59 Å². The van der Waals surface area contributed by atoms with Crippen molar-refractivity contribution in [2.75, 3.05) is 12.3 Å². The Balaban J connectivity index is 2.07. The molecule has 0 bridgehead atoms. The van der Waals surface area contributed by atoms with Gasteiger partial charge in [0.25, 0.3) is 0 Å². The number of carbonyl (C=O) groups excluding carboxylic acids is 1. The summed E-state index contributed by atoms with van der Waals surface area (Å²) >= 11 is 1.60. The van der Waals surface area contributed by atoms with E-state index in [4.69, 9.17) is 5.11 Å². The first-order valence-corrected chi connectivity index (χ1v) is 7.88. The molecule has 2 N–H and O–H groups in total. The molecule has 0 aromatic heterocycles. The Morgan fingerprint density at radius 1 is 1.32 bits per heavy atom. The van der Waals surface area contributed by atoms with Crippen molar-refractivity contribution in [3.8, 4) is 0 Å². The number of nitrogens with zero attached hydrogens (tertiary/aromatic N) is 1. The zero-order valence-corrected chi connectivity index (χ0v) is 11.7. The Labute approximate surface area is 117 Å². The number of carbonyl (C=O) groups is 2. The van der Waals surface area contributed by atoms with E-state index in [0.717, 1.165) is 44.2 Å². The first kappa shape index (κ1) is 14.5. The van der Waals surface area contributed by atoms with Crippen LogP contribution in [-0.2, 0) is 9.59 Å². The Hall–Kier alpha value is -0.880. The van der Waals surface area contributed by atoms with Crippen LogP contribution in [0.2, 0.25) is 0 Å². The van der Waals surface area contributed by atoms with Gasteiger partial charge in [-0.25, -0.2) is 4.79 Å². The topological polar surface area (TPSA) is 78.8 Å². The second-order valence-corrected chi connectivity index (χ2v) is 6.28. The molecular weight excluding hydrogens is 264 g/mol. The van der Waals surface area contributed by atoms with Crippen molar-refractivity contribution in [1.29, 1.82) is 0 Å². The van der Waals surface area contributed by atoms with Crippen LogP contribution in [0.3, 0.4) is 0 Å². The molecule has 1 heterocycles. The third-order valence-corrected chi connectivity index (χ3v) is 4.88. The quantitative estimate of drug-likeness (QED) is 0.744. The minimum absolute atomic E-state index is 0.0481. The van der Waals surface area contributed by atoms with Gasteiger partial charge in [-0.05, 0) is 18.8 Å². The van der Waals surface area contributed by atoms with Gasteiger partial charge < -0.3 is 5.11 Å². The molecule has 5 nitrogen and oxygen atoms in total. The van der Waals surface area contributed by atoms with Gasteiger partial charge in [0.1, 0.15) is 17.6 Å². The molecule has 1 aliphatic carbocycles. The van der Waals surface area contributed by atoms with Crippen molar-refractivity contribution in [1.82, 2.24) is 5.32 Å². The molecule has 6 heteroatoms. The SMILES string of the molecule is O=C(O)C=N[C@@H](C(=O)C1NCCS1)C1CCCCC1. The maximum atomic E-state index is 12.5. The van der Waals surface area contributed by atoms with E-state index in [1.165, 1.54) is 6.42 Å². The monoisotopic (exact) mass is 284 g/mol. The summed E-state index contributed by atoms with van der Waals surface area (Å²) in [7, 11) is 0. The molecule has 2 aliphatic rings. The van der Waals surface area contributed by atoms with Crippen LogP contribution in [0.25, 0.3) is 0 Å². The lowest BCUT2D eigenvalue weighted by atomic mass is 9.82. The molecule has 0 aromatic carbocycles. The third kappa shape index (κ3) is 4.04. The van der Waals surface area contributed by atoms with Crippen LogP contribution in [0.4, 0.5) is 0 Å². The lowest BCUT2D eigenvalue weighted by molar-refractivity contribution is -0.128. The number of hydrogen-bond donors (Lipinski definition) is 2. The van der Waals surface area contributed by atoms with Crippen LogP contribution in [0.5, 0.6) is 0 Å². The summed E-state index contributed by atoms with van der Waals surface area (Å²) in [6, 6.07) is -0.487. The fourth-order valence-electron chi connectivity index (χ4n) is 2.78. The largest absolute Gasteiger partial charge is 0.477 e. The van der Waals surface area contributed by atoms with Crippen LogP contribution < -0.4 is 5.32 Å². The Morgan fingerprint density at radius 2 is 2.05 bits per heavy atom. The summed E-state index contributed by atoms with van der Waals surface area (Å²) < 4.78 is 0. The normalized spacial score (nSPS) is 26.6. The molecule has 1 aliphatic heterocycles. The number of ketones is 1. The smallest absolute Gasteiger partial charge is 0.346 e. The third-order valence-electron chi connectivity index (χ3n) is 3.71. The first-order chi connectivity index (χ1) is 9.18. The van der Waals surface area contributed by atoms with Crippen LogP contribution >= 0.6 is 11.8 Å². The molecule has 0 aromatic rings. The van der Waals surface area contributed by atoms with Crippen LogP contribution in [0.1, 0.15) is 32.1 Å². The van der Waals surface area contributed by atoms with Crippen molar-refractivity contribution < 1.29 is 14.7 Å². The molecule has 0 amide bonds. The Bertz CT molecular complexity index is 361. The molecule has 1 unspecified atom stereocenters. The fraction of sp³-hybridized carbons (Fsp3) is 0.769. The summed E-state index contributed by atoms with van der Waals surface area (Å²) in [4.78, 5) is 27.2. The number of rotatable bonds is 5. The Kier molecular flexibility index (Phi) is 5.39. The van der Waals surface area contributed by atoms with Gasteiger partial charge >= 0.3 is 5.97 Å². The fourth-order valence-corrected chi connectivity index (χ4v) is 3.80. The van der Waals surface area contributed by atoms with Crippen molar-refractivity contribution in [2.45, 2.75) is 43.5 Å². The Morgan fingerprint density at radius 3 is 2.63 bits per heavy atom. The van der Waals surface area contributed by atoms with Gasteiger partial charge in [0.05, 0.1) is 0 Å². The van der Waals surface area contributed by atoms with Gasteiger partial charge in [-0.2, -0.15) is 0 Å².